The maximum Gasteiger partial charge on any atom is 0.122 e. The smallest absolute Gasteiger partial charge is 0.122 e. The van der Waals surface area contributed by atoms with Crippen LogP contribution in [0, 0.1) is 5.92 Å². The summed E-state index contributed by atoms with van der Waals surface area (Å²) in [7, 11) is 0. The minimum absolute atomic E-state index is 0.533. The predicted molar refractivity (Wildman–Crippen MR) is 108 cm³/mol. The lowest BCUT2D eigenvalue weighted by atomic mass is 9.81. The van der Waals surface area contributed by atoms with Gasteiger partial charge in [-0.25, -0.2) is 0 Å². The van der Waals surface area contributed by atoms with Crippen molar-refractivity contribution in [3.8, 4) is 5.75 Å². The Morgan fingerprint density at radius 2 is 1.62 bits per heavy atom. The third kappa shape index (κ3) is 4.12. The van der Waals surface area contributed by atoms with Gasteiger partial charge in [-0.1, -0.05) is 67.8 Å². The van der Waals surface area contributed by atoms with Crippen LogP contribution in [-0.4, -0.2) is 19.7 Å². The van der Waals surface area contributed by atoms with Crippen LogP contribution in [0.4, 0.5) is 0 Å². The lowest BCUT2D eigenvalue weighted by Gasteiger charge is -2.33. The monoisotopic (exact) mass is 349 g/mol. The number of hydrogen-bond donors (Lipinski definition) is 1. The van der Waals surface area contributed by atoms with Crippen LogP contribution < -0.4 is 10.1 Å². The normalized spacial score (nSPS) is 24.3. The summed E-state index contributed by atoms with van der Waals surface area (Å²) in [6, 6.07) is 19.7. The summed E-state index contributed by atoms with van der Waals surface area (Å²) in [6.07, 6.45) is 7.95. The molecular formula is C24H31NO. The summed E-state index contributed by atoms with van der Waals surface area (Å²) in [5.41, 5.74) is 2.90. The molecule has 1 aliphatic heterocycles. The molecule has 0 aromatic heterocycles. The zero-order chi connectivity index (χ0) is 17.6. The highest BCUT2D eigenvalue weighted by atomic mass is 16.5. The summed E-state index contributed by atoms with van der Waals surface area (Å²) in [4.78, 5) is 0. The second-order valence-electron chi connectivity index (χ2n) is 7.95. The quantitative estimate of drug-likeness (QED) is 0.769. The molecule has 4 rings (SSSR count). The molecule has 0 unspecified atom stereocenters. The van der Waals surface area contributed by atoms with Crippen molar-refractivity contribution in [1.29, 1.82) is 0 Å². The maximum absolute atomic E-state index is 6.44. The highest BCUT2D eigenvalue weighted by Gasteiger charge is 2.27. The topological polar surface area (TPSA) is 21.3 Å². The van der Waals surface area contributed by atoms with Crippen molar-refractivity contribution in [2.75, 3.05) is 19.7 Å². The van der Waals surface area contributed by atoms with Gasteiger partial charge in [-0.3, -0.25) is 0 Å². The number of piperidine rings is 1. The van der Waals surface area contributed by atoms with Gasteiger partial charge in [0.1, 0.15) is 5.75 Å². The average molecular weight is 350 g/mol. The molecule has 0 radical (unpaired) electrons. The van der Waals surface area contributed by atoms with E-state index in [0.29, 0.717) is 17.8 Å². The predicted octanol–water partition coefficient (Wildman–Crippen LogP) is 5.51. The lowest BCUT2D eigenvalue weighted by molar-refractivity contribution is 0.194. The van der Waals surface area contributed by atoms with Crippen molar-refractivity contribution in [1.82, 2.24) is 5.32 Å². The zero-order valence-electron chi connectivity index (χ0n) is 15.7. The Morgan fingerprint density at radius 1 is 0.846 bits per heavy atom. The van der Waals surface area contributed by atoms with Gasteiger partial charge in [0.15, 0.2) is 0 Å². The maximum atomic E-state index is 6.44. The summed E-state index contributed by atoms with van der Waals surface area (Å²) >= 11 is 0. The van der Waals surface area contributed by atoms with Gasteiger partial charge >= 0.3 is 0 Å². The third-order valence-electron chi connectivity index (χ3n) is 6.25. The Morgan fingerprint density at radius 3 is 2.46 bits per heavy atom. The fraction of sp³-hybridized carbons (Fsp3) is 0.500. The molecule has 1 heterocycles. The van der Waals surface area contributed by atoms with Gasteiger partial charge in [0.25, 0.3) is 0 Å². The Bertz CT molecular complexity index is 678. The van der Waals surface area contributed by atoms with E-state index in [0.717, 1.165) is 25.4 Å². The number of nitrogens with one attached hydrogen (secondary N) is 1. The summed E-state index contributed by atoms with van der Waals surface area (Å²) in [6.45, 7) is 2.95. The van der Waals surface area contributed by atoms with E-state index in [4.69, 9.17) is 4.74 Å². The SMILES string of the molecule is c1ccc([C@@H]2CCNC[C@H]2COc2ccccc2C2CCCCC2)cc1. The molecule has 2 heteroatoms. The highest BCUT2D eigenvalue weighted by molar-refractivity contribution is 5.36. The van der Waals surface area contributed by atoms with Crippen molar-refractivity contribution in [2.24, 2.45) is 5.92 Å². The van der Waals surface area contributed by atoms with Crippen LogP contribution in [0.2, 0.25) is 0 Å². The van der Waals surface area contributed by atoms with Gasteiger partial charge in [0.05, 0.1) is 6.61 Å². The lowest BCUT2D eigenvalue weighted by Crippen LogP contribution is -2.38. The van der Waals surface area contributed by atoms with Crippen molar-refractivity contribution < 1.29 is 4.74 Å². The first-order valence-electron chi connectivity index (χ1n) is 10.4. The first kappa shape index (κ1) is 17.6. The van der Waals surface area contributed by atoms with E-state index in [9.17, 15) is 0 Å². The molecule has 0 amide bonds. The molecule has 0 bridgehead atoms. The number of rotatable bonds is 5. The highest BCUT2D eigenvalue weighted by Crippen LogP contribution is 2.38. The fourth-order valence-electron chi connectivity index (χ4n) is 4.80. The van der Waals surface area contributed by atoms with Gasteiger partial charge in [-0.05, 0) is 54.8 Å². The second-order valence-corrected chi connectivity index (χ2v) is 7.95. The van der Waals surface area contributed by atoms with Gasteiger partial charge in [-0.2, -0.15) is 0 Å². The zero-order valence-corrected chi connectivity index (χ0v) is 15.7. The number of ether oxygens (including phenoxy) is 1. The van der Waals surface area contributed by atoms with Crippen molar-refractivity contribution in [2.45, 2.75) is 50.4 Å². The standard InChI is InChI=1S/C24H31NO/c1-3-9-19(10-4-1)22-15-16-25-17-21(22)18-26-24-14-8-7-13-23(24)20-11-5-2-6-12-20/h1,3-4,7-10,13-14,20-22,25H,2,5-6,11-12,15-18H2/t21-,22-/m0/s1. The molecule has 26 heavy (non-hydrogen) atoms. The van der Waals surface area contributed by atoms with Crippen LogP contribution in [0.15, 0.2) is 54.6 Å². The molecule has 138 valence electrons. The van der Waals surface area contributed by atoms with E-state index in [1.165, 1.54) is 49.7 Å². The molecule has 1 saturated heterocycles. The average Bonchev–Trinajstić information content (AvgIpc) is 2.74. The molecule has 2 aromatic rings. The van der Waals surface area contributed by atoms with Crippen LogP contribution in [-0.2, 0) is 0 Å². The Hall–Kier alpha value is -1.80. The molecule has 2 aromatic carbocycles. The molecule has 0 spiro atoms. The van der Waals surface area contributed by atoms with E-state index in [2.05, 4.69) is 59.9 Å². The van der Waals surface area contributed by atoms with Crippen LogP contribution in [0.25, 0.3) is 0 Å². The molecule has 2 aliphatic rings. The van der Waals surface area contributed by atoms with E-state index in [1.54, 1.807) is 0 Å². The molecule has 1 saturated carbocycles. The Labute approximate surface area is 158 Å². The molecule has 1 N–H and O–H groups in total. The number of hydrogen-bond acceptors (Lipinski definition) is 2. The Kier molecular flexibility index (Phi) is 5.91. The largest absolute Gasteiger partial charge is 0.493 e. The van der Waals surface area contributed by atoms with Gasteiger partial charge in [-0.15, -0.1) is 0 Å². The first-order valence-corrected chi connectivity index (χ1v) is 10.4. The number of benzene rings is 2. The van der Waals surface area contributed by atoms with Gasteiger partial charge in [0.2, 0.25) is 0 Å². The molecule has 2 fully saturated rings. The summed E-state index contributed by atoms with van der Waals surface area (Å²) in [5.74, 6) is 2.94. The van der Waals surface area contributed by atoms with Crippen molar-refractivity contribution in [3.63, 3.8) is 0 Å². The number of para-hydroxylation sites is 1. The van der Waals surface area contributed by atoms with Gasteiger partial charge < -0.3 is 10.1 Å². The van der Waals surface area contributed by atoms with Crippen molar-refractivity contribution >= 4 is 0 Å². The minimum Gasteiger partial charge on any atom is -0.493 e. The van der Waals surface area contributed by atoms with E-state index >= 15 is 0 Å². The Balaban J connectivity index is 1.46. The van der Waals surface area contributed by atoms with Crippen LogP contribution in [0.1, 0.15) is 61.5 Å². The van der Waals surface area contributed by atoms with Crippen LogP contribution >= 0.6 is 0 Å². The van der Waals surface area contributed by atoms with E-state index < -0.39 is 0 Å². The third-order valence-corrected chi connectivity index (χ3v) is 6.25. The minimum atomic E-state index is 0.533. The van der Waals surface area contributed by atoms with E-state index in [-0.39, 0.29) is 0 Å². The summed E-state index contributed by atoms with van der Waals surface area (Å²) in [5, 5.41) is 3.57. The molecular weight excluding hydrogens is 318 g/mol. The van der Waals surface area contributed by atoms with Crippen molar-refractivity contribution in [3.05, 3.63) is 65.7 Å². The summed E-state index contributed by atoms with van der Waals surface area (Å²) < 4.78 is 6.44. The van der Waals surface area contributed by atoms with E-state index in [1.807, 2.05) is 0 Å². The molecule has 2 nitrogen and oxygen atoms in total. The second kappa shape index (κ2) is 8.73. The first-order chi connectivity index (χ1) is 12.9. The van der Waals surface area contributed by atoms with Crippen LogP contribution in [0.3, 0.4) is 0 Å². The van der Waals surface area contributed by atoms with Crippen LogP contribution in [0.5, 0.6) is 5.75 Å². The molecule has 1 aliphatic carbocycles. The molecule has 2 atom stereocenters. The fourth-order valence-corrected chi connectivity index (χ4v) is 4.80. The van der Waals surface area contributed by atoms with Gasteiger partial charge in [0, 0.05) is 12.5 Å².